The number of urea groups is 1. The second-order valence-corrected chi connectivity index (χ2v) is 5.27. The quantitative estimate of drug-likeness (QED) is 0.650. The monoisotopic (exact) mass is 349 g/mol. The number of rotatable bonds is 3. The number of nitro benzene ring substituents is 1. The third-order valence-corrected chi connectivity index (χ3v) is 3.52. The fourth-order valence-electron chi connectivity index (χ4n) is 2.12. The van der Waals surface area contributed by atoms with E-state index in [-0.39, 0.29) is 16.4 Å². The van der Waals surface area contributed by atoms with Crippen molar-refractivity contribution in [2.24, 2.45) is 0 Å². The van der Waals surface area contributed by atoms with Crippen LogP contribution >= 0.6 is 11.6 Å². The lowest BCUT2D eigenvalue weighted by Crippen LogP contribution is -2.20. The van der Waals surface area contributed by atoms with Gasteiger partial charge in [-0.05, 0) is 18.2 Å². The molecule has 2 N–H and O–H groups in total. The first-order chi connectivity index (χ1) is 11.5. The van der Waals surface area contributed by atoms with Crippen LogP contribution in [0, 0.1) is 10.1 Å². The van der Waals surface area contributed by atoms with Crippen LogP contribution in [-0.4, -0.2) is 24.2 Å². The second kappa shape index (κ2) is 6.63. The Morgan fingerprint density at radius 3 is 2.54 bits per heavy atom. The van der Waals surface area contributed by atoms with Crippen molar-refractivity contribution in [1.82, 2.24) is 0 Å². The summed E-state index contributed by atoms with van der Waals surface area (Å²) in [5.74, 6) is 1.16. The first-order valence-corrected chi connectivity index (χ1v) is 7.32. The van der Waals surface area contributed by atoms with Crippen molar-refractivity contribution in [2.75, 3.05) is 23.8 Å². The minimum atomic E-state index is -0.565. The van der Waals surface area contributed by atoms with Crippen LogP contribution in [0.5, 0.6) is 11.5 Å². The van der Waals surface area contributed by atoms with Gasteiger partial charge in [0.2, 0.25) is 0 Å². The minimum absolute atomic E-state index is 0.0709. The van der Waals surface area contributed by atoms with Crippen LogP contribution in [0.2, 0.25) is 5.02 Å². The zero-order chi connectivity index (χ0) is 17.1. The number of amides is 2. The van der Waals surface area contributed by atoms with Crippen LogP contribution in [0.15, 0.2) is 36.4 Å². The Balaban J connectivity index is 1.68. The number of ether oxygens (including phenoxy) is 2. The highest BCUT2D eigenvalue weighted by Crippen LogP contribution is 2.33. The summed E-state index contributed by atoms with van der Waals surface area (Å²) in [4.78, 5) is 22.1. The van der Waals surface area contributed by atoms with Crippen LogP contribution in [0.1, 0.15) is 0 Å². The van der Waals surface area contributed by atoms with Gasteiger partial charge in [0.25, 0.3) is 5.69 Å². The van der Waals surface area contributed by atoms with Crippen LogP contribution < -0.4 is 20.1 Å². The number of non-ortho nitro benzene ring substituents is 1. The zero-order valence-electron chi connectivity index (χ0n) is 12.2. The van der Waals surface area contributed by atoms with Gasteiger partial charge < -0.3 is 20.1 Å². The molecule has 1 aliphatic rings. The number of nitro groups is 1. The normalized spacial score (nSPS) is 12.4. The number of fused-ring (bicyclic) bond motifs is 1. The van der Waals surface area contributed by atoms with E-state index in [1.54, 1.807) is 18.2 Å². The molecule has 0 bridgehead atoms. The predicted octanol–water partition coefficient (Wildman–Crippen LogP) is 3.66. The summed E-state index contributed by atoms with van der Waals surface area (Å²) in [5, 5.41) is 15.9. The molecule has 0 aromatic heterocycles. The van der Waals surface area contributed by atoms with Crippen LogP contribution in [0.4, 0.5) is 21.9 Å². The highest BCUT2D eigenvalue weighted by atomic mass is 35.5. The molecule has 0 fully saturated rings. The van der Waals surface area contributed by atoms with Gasteiger partial charge in [0.05, 0.1) is 15.6 Å². The molecule has 2 amide bonds. The fraction of sp³-hybridized carbons (Fsp3) is 0.133. The second-order valence-electron chi connectivity index (χ2n) is 4.86. The molecule has 0 atom stereocenters. The molecule has 124 valence electrons. The number of benzene rings is 2. The maximum absolute atomic E-state index is 12.0. The molecule has 8 nitrogen and oxygen atoms in total. The van der Waals surface area contributed by atoms with E-state index in [0.29, 0.717) is 30.4 Å². The van der Waals surface area contributed by atoms with E-state index in [2.05, 4.69) is 10.6 Å². The molecule has 1 aliphatic heterocycles. The third-order valence-electron chi connectivity index (χ3n) is 3.21. The summed E-state index contributed by atoms with van der Waals surface area (Å²) >= 11 is 5.93. The summed E-state index contributed by atoms with van der Waals surface area (Å²) in [7, 11) is 0. The molecule has 0 saturated heterocycles. The Morgan fingerprint density at radius 1 is 1.08 bits per heavy atom. The predicted molar refractivity (Wildman–Crippen MR) is 88.2 cm³/mol. The van der Waals surface area contributed by atoms with Crippen LogP contribution in [0.3, 0.4) is 0 Å². The number of nitrogens with one attached hydrogen (secondary N) is 2. The largest absolute Gasteiger partial charge is 0.486 e. The van der Waals surface area contributed by atoms with Crippen molar-refractivity contribution in [3.8, 4) is 11.5 Å². The lowest BCUT2D eigenvalue weighted by Gasteiger charge is -2.19. The standard InChI is InChI=1S/C15H12ClN3O5/c16-11-8-10(19(21)22)2-3-12(11)18-15(20)17-9-1-4-13-14(7-9)24-6-5-23-13/h1-4,7-8H,5-6H2,(H2,17,18,20). The average Bonchev–Trinajstić information content (AvgIpc) is 2.56. The maximum Gasteiger partial charge on any atom is 0.323 e. The number of hydrogen-bond donors (Lipinski definition) is 2. The van der Waals surface area contributed by atoms with Crippen molar-refractivity contribution < 1.29 is 19.2 Å². The van der Waals surface area contributed by atoms with Gasteiger partial charge in [-0.25, -0.2) is 4.79 Å². The van der Waals surface area contributed by atoms with E-state index in [1.807, 2.05) is 0 Å². The number of carbonyl (C=O) groups excluding carboxylic acids is 1. The van der Waals surface area contributed by atoms with Gasteiger partial charge in [0.1, 0.15) is 13.2 Å². The summed E-state index contributed by atoms with van der Waals surface area (Å²) in [6, 6.07) is 8.26. The van der Waals surface area contributed by atoms with Crippen LogP contribution in [-0.2, 0) is 0 Å². The molecular formula is C15H12ClN3O5. The van der Waals surface area contributed by atoms with E-state index >= 15 is 0 Å². The number of halogens is 1. The van der Waals surface area contributed by atoms with Crippen molar-refractivity contribution >= 4 is 34.7 Å². The Kier molecular flexibility index (Phi) is 4.39. The molecule has 9 heteroatoms. The van der Waals surface area contributed by atoms with E-state index in [9.17, 15) is 14.9 Å². The molecule has 0 aliphatic carbocycles. The smallest absolute Gasteiger partial charge is 0.323 e. The lowest BCUT2D eigenvalue weighted by atomic mass is 10.2. The third kappa shape index (κ3) is 3.49. The highest BCUT2D eigenvalue weighted by Gasteiger charge is 2.14. The molecule has 1 heterocycles. The number of hydrogen-bond acceptors (Lipinski definition) is 5. The summed E-state index contributed by atoms with van der Waals surface area (Å²) in [6.07, 6.45) is 0. The molecule has 2 aromatic carbocycles. The van der Waals surface area contributed by atoms with E-state index in [0.717, 1.165) is 0 Å². The fourth-order valence-corrected chi connectivity index (χ4v) is 2.35. The summed E-state index contributed by atoms with van der Waals surface area (Å²) in [6.45, 7) is 0.931. The minimum Gasteiger partial charge on any atom is -0.486 e. The van der Waals surface area contributed by atoms with E-state index in [4.69, 9.17) is 21.1 Å². The van der Waals surface area contributed by atoms with Crippen molar-refractivity contribution in [1.29, 1.82) is 0 Å². The maximum atomic E-state index is 12.0. The van der Waals surface area contributed by atoms with Gasteiger partial charge in [-0.15, -0.1) is 0 Å². The Bertz CT molecular complexity index is 812. The number of carbonyl (C=O) groups is 1. The molecule has 0 radical (unpaired) electrons. The van der Waals surface area contributed by atoms with Gasteiger partial charge in [-0.3, -0.25) is 10.1 Å². The Labute approximate surface area is 141 Å². The van der Waals surface area contributed by atoms with Crippen molar-refractivity contribution in [2.45, 2.75) is 0 Å². The van der Waals surface area contributed by atoms with Crippen molar-refractivity contribution in [3.63, 3.8) is 0 Å². The molecule has 0 saturated carbocycles. The lowest BCUT2D eigenvalue weighted by molar-refractivity contribution is -0.384. The molecule has 0 unspecified atom stereocenters. The van der Waals surface area contributed by atoms with Gasteiger partial charge in [0, 0.05) is 23.9 Å². The number of nitrogens with zero attached hydrogens (tertiary/aromatic N) is 1. The summed E-state index contributed by atoms with van der Waals surface area (Å²) < 4.78 is 10.8. The molecular weight excluding hydrogens is 338 g/mol. The van der Waals surface area contributed by atoms with E-state index < -0.39 is 11.0 Å². The van der Waals surface area contributed by atoms with Crippen molar-refractivity contribution in [3.05, 3.63) is 51.5 Å². The van der Waals surface area contributed by atoms with Crippen LogP contribution in [0.25, 0.3) is 0 Å². The van der Waals surface area contributed by atoms with Gasteiger partial charge in [-0.2, -0.15) is 0 Å². The molecule has 24 heavy (non-hydrogen) atoms. The topological polar surface area (TPSA) is 103 Å². The number of anilines is 2. The average molecular weight is 350 g/mol. The van der Waals surface area contributed by atoms with Gasteiger partial charge in [0.15, 0.2) is 11.5 Å². The molecule has 3 rings (SSSR count). The first-order valence-electron chi connectivity index (χ1n) is 6.94. The van der Waals surface area contributed by atoms with Gasteiger partial charge in [-0.1, -0.05) is 11.6 Å². The SMILES string of the molecule is O=C(Nc1ccc2c(c1)OCCO2)Nc1ccc([N+](=O)[O-])cc1Cl. The Morgan fingerprint density at radius 2 is 1.83 bits per heavy atom. The van der Waals surface area contributed by atoms with Gasteiger partial charge >= 0.3 is 6.03 Å². The highest BCUT2D eigenvalue weighted by molar-refractivity contribution is 6.34. The Hall–Kier alpha value is -3.00. The molecule has 0 spiro atoms. The molecule has 2 aromatic rings. The summed E-state index contributed by atoms with van der Waals surface area (Å²) in [5.41, 5.74) is 0.616. The first kappa shape index (κ1) is 15.9. The zero-order valence-corrected chi connectivity index (χ0v) is 13.0. The van der Waals surface area contributed by atoms with E-state index in [1.165, 1.54) is 18.2 Å².